The van der Waals surface area contributed by atoms with Crippen LogP contribution in [0.2, 0.25) is 5.02 Å². The predicted molar refractivity (Wildman–Crippen MR) is 82.2 cm³/mol. The van der Waals surface area contributed by atoms with Crippen LogP contribution < -0.4 is 5.43 Å². The summed E-state index contributed by atoms with van der Waals surface area (Å²) in [4.78, 5) is 25.1. The summed E-state index contributed by atoms with van der Waals surface area (Å²) >= 11 is 5.78. The molecule has 6 heteroatoms. The van der Waals surface area contributed by atoms with E-state index in [1.165, 1.54) is 0 Å². The molecule has 1 heterocycles. The molecule has 0 bridgehead atoms. The first-order valence-electron chi connectivity index (χ1n) is 7.00. The fourth-order valence-corrected chi connectivity index (χ4v) is 2.27. The third kappa shape index (κ3) is 5.19. The van der Waals surface area contributed by atoms with Crippen molar-refractivity contribution in [1.29, 1.82) is 0 Å². The van der Waals surface area contributed by atoms with Crippen molar-refractivity contribution in [1.82, 2.24) is 10.3 Å². The predicted octanol–water partition coefficient (Wildman–Crippen LogP) is 2.19. The first-order valence-corrected chi connectivity index (χ1v) is 7.38. The molecular formula is C15H18ClN3O2. The fraction of sp³-hybridized carbons (Fsp3) is 0.400. The second-order valence-electron chi connectivity index (χ2n) is 4.97. The molecule has 21 heavy (non-hydrogen) atoms. The minimum absolute atomic E-state index is 0.0457. The molecule has 1 aliphatic heterocycles. The van der Waals surface area contributed by atoms with Crippen molar-refractivity contribution in [3.63, 3.8) is 0 Å². The lowest BCUT2D eigenvalue weighted by Gasteiger charge is -2.18. The number of amides is 2. The van der Waals surface area contributed by atoms with Crippen molar-refractivity contribution in [2.75, 3.05) is 13.1 Å². The summed E-state index contributed by atoms with van der Waals surface area (Å²) in [6.45, 7) is 0.712. The topological polar surface area (TPSA) is 61.8 Å². The number of likely N-dealkylation sites (tertiary alicyclic amines) is 1. The average molecular weight is 308 g/mol. The first kappa shape index (κ1) is 15.5. The molecule has 1 aromatic rings. The van der Waals surface area contributed by atoms with E-state index in [-0.39, 0.29) is 18.4 Å². The number of hydrazone groups is 1. The summed E-state index contributed by atoms with van der Waals surface area (Å²) in [5.41, 5.74) is 3.28. The van der Waals surface area contributed by atoms with Crippen LogP contribution in [0, 0.1) is 0 Å². The lowest BCUT2D eigenvalue weighted by molar-refractivity contribution is -0.135. The second-order valence-corrected chi connectivity index (χ2v) is 5.41. The van der Waals surface area contributed by atoms with Gasteiger partial charge >= 0.3 is 0 Å². The minimum atomic E-state index is -0.282. The molecule has 2 amide bonds. The molecule has 0 saturated carbocycles. The van der Waals surface area contributed by atoms with E-state index in [9.17, 15) is 9.59 Å². The van der Waals surface area contributed by atoms with Crippen molar-refractivity contribution in [3.8, 4) is 0 Å². The Morgan fingerprint density at radius 1 is 1.29 bits per heavy atom. The van der Waals surface area contributed by atoms with Crippen LogP contribution >= 0.6 is 11.6 Å². The molecule has 0 radical (unpaired) electrons. The Labute approximate surface area is 129 Å². The standard InChI is InChI=1S/C15H18ClN3O2/c16-13-7-5-12(6-8-13)10-17-18-14(20)11-19-9-3-1-2-4-15(19)21/h5-8,10H,1-4,9,11H2,(H,18,20)/b17-10-. The zero-order valence-corrected chi connectivity index (χ0v) is 12.5. The Balaban J connectivity index is 1.81. The highest BCUT2D eigenvalue weighted by atomic mass is 35.5. The molecule has 1 aromatic carbocycles. The number of hydrogen-bond acceptors (Lipinski definition) is 3. The first-order chi connectivity index (χ1) is 10.1. The van der Waals surface area contributed by atoms with E-state index in [1.807, 2.05) is 0 Å². The highest BCUT2D eigenvalue weighted by Crippen LogP contribution is 2.10. The Morgan fingerprint density at radius 3 is 2.81 bits per heavy atom. The van der Waals surface area contributed by atoms with Crippen LogP contribution in [-0.4, -0.2) is 36.0 Å². The van der Waals surface area contributed by atoms with Crippen LogP contribution in [0.5, 0.6) is 0 Å². The van der Waals surface area contributed by atoms with Gasteiger partial charge in [0.15, 0.2) is 0 Å². The summed E-state index contributed by atoms with van der Waals surface area (Å²) in [6.07, 6.45) is 4.97. The molecule has 0 atom stereocenters. The van der Waals surface area contributed by atoms with Crippen molar-refractivity contribution >= 4 is 29.6 Å². The van der Waals surface area contributed by atoms with Crippen LogP contribution in [-0.2, 0) is 9.59 Å². The number of carbonyl (C=O) groups is 2. The maximum Gasteiger partial charge on any atom is 0.259 e. The molecule has 0 spiro atoms. The van der Waals surface area contributed by atoms with Gasteiger partial charge in [-0.25, -0.2) is 5.43 Å². The Morgan fingerprint density at radius 2 is 2.05 bits per heavy atom. The number of nitrogens with zero attached hydrogens (tertiary/aromatic N) is 2. The van der Waals surface area contributed by atoms with Gasteiger partial charge in [0, 0.05) is 18.0 Å². The van der Waals surface area contributed by atoms with Crippen LogP contribution in [0.4, 0.5) is 0 Å². The molecule has 0 unspecified atom stereocenters. The fourth-order valence-electron chi connectivity index (χ4n) is 2.14. The van der Waals surface area contributed by atoms with Gasteiger partial charge in [0.1, 0.15) is 6.54 Å². The van der Waals surface area contributed by atoms with Gasteiger partial charge in [0.25, 0.3) is 5.91 Å². The summed E-state index contributed by atoms with van der Waals surface area (Å²) in [5, 5.41) is 4.53. The number of benzene rings is 1. The number of nitrogens with one attached hydrogen (secondary N) is 1. The molecule has 1 N–H and O–H groups in total. The average Bonchev–Trinajstić information content (AvgIpc) is 2.66. The van der Waals surface area contributed by atoms with Gasteiger partial charge < -0.3 is 4.90 Å². The van der Waals surface area contributed by atoms with E-state index in [4.69, 9.17) is 11.6 Å². The van der Waals surface area contributed by atoms with E-state index in [2.05, 4.69) is 10.5 Å². The number of hydrogen-bond donors (Lipinski definition) is 1. The third-order valence-corrected chi connectivity index (χ3v) is 3.53. The molecule has 1 aliphatic rings. The van der Waals surface area contributed by atoms with Gasteiger partial charge in [-0.2, -0.15) is 5.10 Å². The van der Waals surface area contributed by atoms with Crippen molar-refractivity contribution in [2.45, 2.75) is 25.7 Å². The molecule has 1 fully saturated rings. The van der Waals surface area contributed by atoms with Crippen molar-refractivity contribution in [2.24, 2.45) is 5.10 Å². The van der Waals surface area contributed by atoms with E-state index in [1.54, 1.807) is 35.4 Å². The molecule has 1 saturated heterocycles. The maximum atomic E-state index is 11.8. The molecule has 5 nitrogen and oxygen atoms in total. The van der Waals surface area contributed by atoms with Gasteiger partial charge in [0.05, 0.1) is 6.21 Å². The Kier molecular flexibility index (Phi) is 5.75. The summed E-state index contributed by atoms with van der Waals surface area (Å²) in [6, 6.07) is 7.11. The van der Waals surface area contributed by atoms with Crippen LogP contribution in [0.25, 0.3) is 0 Å². The van der Waals surface area contributed by atoms with Gasteiger partial charge in [0.2, 0.25) is 5.91 Å². The molecule has 0 aromatic heterocycles. The van der Waals surface area contributed by atoms with Crippen molar-refractivity contribution in [3.05, 3.63) is 34.9 Å². The van der Waals surface area contributed by atoms with Gasteiger partial charge in [-0.15, -0.1) is 0 Å². The summed E-state index contributed by atoms with van der Waals surface area (Å²) in [5.74, 6) is -0.236. The number of halogens is 1. The number of rotatable bonds is 4. The second kappa shape index (κ2) is 7.78. The summed E-state index contributed by atoms with van der Waals surface area (Å²) < 4.78 is 0. The van der Waals surface area contributed by atoms with Gasteiger partial charge in [-0.3, -0.25) is 9.59 Å². The maximum absolute atomic E-state index is 11.8. The minimum Gasteiger partial charge on any atom is -0.333 e. The highest BCUT2D eigenvalue weighted by Gasteiger charge is 2.18. The van der Waals surface area contributed by atoms with Crippen molar-refractivity contribution < 1.29 is 9.59 Å². The SMILES string of the molecule is O=C(CN1CCCCCC1=O)N/N=C\c1ccc(Cl)cc1. The normalized spacial score (nSPS) is 16.0. The van der Waals surface area contributed by atoms with Gasteiger partial charge in [-0.1, -0.05) is 30.2 Å². The highest BCUT2D eigenvalue weighted by molar-refractivity contribution is 6.30. The zero-order chi connectivity index (χ0) is 15.1. The van der Waals surface area contributed by atoms with Crippen LogP contribution in [0.1, 0.15) is 31.2 Å². The quantitative estimate of drug-likeness (QED) is 0.684. The molecule has 2 rings (SSSR count). The summed E-state index contributed by atoms with van der Waals surface area (Å²) in [7, 11) is 0. The Hall–Kier alpha value is -1.88. The lowest BCUT2D eigenvalue weighted by atomic mass is 10.2. The van der Waals surface area contributed by atoms with Gasteiger partial charge in [-0.05, 0) is 30.5 Å². The Bertz CT molecular complexity index is 528. The smallest absolute Gasteiger partial charge is 0.259 e. The van der Waals surface area contributed by atoms with E-state index in [0.717, 1.165) is 24.8 Å². The largest absolute Gasteiger partial charge is 0.333 e. The van der Waals surface area contributed by atoms with Crippen LogP contribution in [0.3, 0.4) is 0 Å². The molecule has 0 aliphatic carbocycles. The molecule has 112 valence electrons. The van der Waals surface area contributed by atoms with E-state index < -0.39 is 0 Å². The van der Waals surface area contributed by atoms with E-state index in [0.29, 0.717) is 18.0 Å². The number of carbonyl (C=O) groups excluding carboxylic acids is 2. The van der Waals surface area contributed by atoms with E-state index >= 15 is 0 Å². The van der Waals surface area contributed by atoms with Crippen LogP contribution in [0.15, 0.2) is 29.4 Å². The molecular weight excluding hydrogens is 290 g/mol. The zero-order valence-electron chi connectivity index (χ0n) is 11.7. The lowest BCUT2D eigenvalue weighted by Crippen LogP contribution is -2.39. The monoisotopic (exact) mass is 307 g/mol. The third-order valence-electron chi connectivity index (χ3n) is 3.28.